The van der Waals surface area contributed by atoms with Crippen molar-refractivity contribution in [3.63, 3.8) is 0 Å². The monoisotopic (exact) mass is 425 g/mol. The molecule has 2 aromatic carbocycles. The standard InChI is InChI=1S/C18H14F3N3O4S/c1-9-2-4-11(24(27)28)7-12(9)22-16(25)8-15-17(26)23-13-6-10(18(19,20)21)3-5-14(13)29-15/h2-7,15H,8H2,1H3,(H,22,25)(H,23,26)/t15-/m0/s1. The minimum Gasteiger partial charge on any atom is -0.326 e. The van der Waals surface area contributed by atoms with Crippen molar-refractivity contribution in [2.75, 3.05) is 10.6 Å². The molecule has 0 fully saturated rings. The summed E-state index contributed by atoms with van der Waals surface area (Å²) in [4.78, 5) is 35.3. The third kappa shape index (κ3) is 4.67. The van der Waals surface area contributed by atoms with E-state index in [0.29, 0.717) is 10.5 Å². The van der Waals surface area contributed by atoms with Crippen LogP contribution in [0.3, 0.4) is 0 Å². The number of anilines is 2. The first-order valence-corrected chi connectivity index (χ1v) is 9.16. The number of thioether (sulfide) groups is 1. The molecule has 11 heteroatoms. The molecule has 3 rings (SSSR count). The van der Waals surface area contributed by atoms with Crippen molar-refractivity contribution in [3.05, 3.63) is 57.6 Å². The second-order valence-corrected chi connectivity index (χ2v) is 7.56. The number of amides is 2. The summed E-state index contributed by atoms with van der Waals surface area (Å²) in [5.41, 5.74) is -0.170. The number of fused-ring (bicyclic) bond motifs is 1. The summed E-state index contributed by atoms with van der Waals surface area (Å²) in [5, 5.41) is 15.0. The number of alkyl halides is 3. The van der Waals surface area contributed by atoms with E-state index in [1.807, 2.05) is 0 Å². The summed E-state index contributed by atoms with van der Waals surface area (Å²) in [6.07, 6.45) is -4.78. The number of halogens is 3. The van der Waals surface area contributed by atoms with E-state index >= 15 is 0 Å². The van der Waals surface area contributed by atoms with E-state index in [0.717, 1.165) is 23.9 Å². The molecule has 0 spiro atoms. The van der Waals surface area contributed by atoms with E-state index in [1.54, 1.807) is 6.92 Å². The lowest BCUT2D eigenvalue weighted by atomic mass is 10.1. The van der Waals surface area contributed by atoms with Crippen LogP contribution in [0.1, 0.15) is 17.5 Å². The number of aryl methyl sites for hydroxylation is 1. The van der Waals surface area contributed by atoms with E-state index in [4.69, 9.17) is 0 Å². The number of rotatable bonds is 4. The fraction of sp³-hybridized carbons (Fsp3) is 0.222. The first kappa shape index (κ1) is 20.6. The minimum atomic E-state index is -4.53. The molecule has 2 aromatic rings. The van der Waals surface area contributed by atoms with Crippen LogP contribution >= 0.6 is 11.8 Å². The third-order valence-corrected chi connectivity index (χ3v) is 5.48. The van der Waals surface area contributed by atoms with Crippen LogP contribution in [0.4, 0.5) is 30.2 Å². The Morgan fingerprint density at radius 1 is 1.28 bits per heavy atom. The number of hydrogen-bond donors (Lipinski definition) is 2. The molecule has 29 heavy (non-hydrogen) atoms. The van der Waals surface area contributed by atoms with Gasteiger partial charge in [-0.25, -0.2) is 0 Å². The van der Waals surface area contributed by atoms with Gasteiger partial charge in [0.1, 0.15) is 0 Å². The van der Waals surface area contributed by atoms with Gasteiger partial charge in [-0.3, -0.25) is 19.7 Å². The summed E-state index contributed by atoms with van der Waals surface area (Å²) in [6.45, 7) is 1.66. The number of benzene rings is 2. The lowest BCUT2D eigenvalue weighted by Gasteiger charge is -2.24. The maximum absolute atomic E-state index is 12.8. The van der Waals surface area contributed by atoms with Gasteiger partial charge in [-0.1, -0.05) is 6.07 Å². The number of carbonyl (C=O) groups is 2. The molecule has 0 saturated carbocycles. The Morgan fingerprint density at radius 3 is 2.66 bits per heavy atom. The van der Waals surface area contributed by atoms with Gasteiger partial charge in [-0.15, -0.1) is 11.8 Å². The molecule has 0 saturated heterocycles. The SMILES string of the molecule is Cc1ccc([N+](=O)[O-])cc1NC(=O)C[C@@H]1Sc2ccc(C(F)(F)F)cc2NC1=O. The second kappa shape index (κ2) is 7.74. The molecule has 1 atom stereocenters. The number of nitro benzene ring substituents is 1. The van der Waals surface area contributed by atoms with Crippen LogP contribution in [0.25, 0.3) is 0 Å². The fourth-order valence-electron chi connectivity index (χ4n) is 2.69. The molecule has 2 amide bonds. The summed E-state index contributed by atoms with van der Waals surface area (Å²) in [6, 6.07) is 7.02. The van der Waals surface area contributed by atoms with Crippen LogP contribution in [-0.4, -0.2) is 22.0 Å². The summed E-state index contributed by atoms with van der Waals surface area (Å²) < 4.78 is 38.4. The van der Waals surface area contributed by atoms with Crippen molar-refractivity contribution < 1.29 is 27.7 Å². The highest BCUT2D eigenvalue weighted by Crippen LogP contribution is 2.40. The van der Waals surface area contributed by atoms with Crippen molar-refractivity contribution in [1.82, 2.24) is 0 Å². The quantitative estimate of drug-likeness (QED) is 0.560. The van der Waals surface area contributed by atoms with Crippen LogP contribution in [0, 0.1) is 17.0 Å². The van der Waals surface area contributed by atoms with Crippen LogP contribution < -0.4 is 10.6 Å². The Kier molecular flexibility index (Phi) is 5.51. The average Bonchev–Trinajstić information content (AvgIpc) is 2.62. The topological polar surface area (TPSA) is 101 Å². The minimum absolute atomic E-state index is 0.0426. The Hall–Kier alpha value is -3.08. The molecule has 1 heterocycles. The largest absolute Gasteiger partial charge is 0.416 e. The molecular formula is C18H14F3N3O4S. The lowest BCUT2D eigenvalue weighted by Crippen LogP contribution is -2.32. The van der Waals surface area contributed by atoms with Crippen LogP contribution in [-0.2, 0) is 15.8 Å². The predicted octanol–water partition coefficient (Wildman–Crippen LogP) is 4.36. The van der Waals surface area contributed by atoms with Crippen LogP contribution in [0.2, 0.25) is 0 Å². The molecule has 0 aliphatic carbocycles. The second-order valence-electron chi connectivity index (χ2n) is 6.31. The van der Waals surface area contributed by atoms with Gasteiger partial charge in [0.25, 0.3) is 5.69 Å². The van der Waals surface area contributed by atoms with E-state index in [9.17, 15) is 32.9 Å². The highest BCUT2D eigenvalue weighted by molar-refractivity contribution is 8.01. The average molecular weight is 425 g/mol. The molecule has 1 aliphatic heterocycles. The first-order valence-electron chi connectivity index (χ1n) is 8.28. The van der Waals surface area contributed by atoms with Crippen molar-refractivity contribution in [2.24, 2.45) is 0 Å². The predicted molar refractivity (Wildman–Crippen MR) is 101 cm³/mol. The van der Waals surface area contributed by atoms with Gasteiger partial charge in [-0.05, 0) is 30.7 Å². The maximum Gasteiger partial charge on any atom is 0.416 e. The number of nitro groups is 1. The summed E-state index contributed by atoms with van der Waals surface area (Å²) >= 11 is 0.987. The number of nitrogens with one attached hydrogen (secondary N) is 2. The lowest BCUT2D eigenvalue weighted by molar-refractivity contribution is -0.384. The van der Waals surface area contributed by atoms with Gasteiger partial charge in [-0.2, -0.15) is 13.2 Å². The normalized spacial score (nSPS) is 16.0. The number of carbonyl (C=O) groups excluding carboxylic acids is 2. The summed E-state index contributed by atoms with van der Waals surface area (Å²) in [5.74, 6) is -1.13. The Balaban J connectivity index is 1.72. The smallest absolute Gasteiger partial charge is 0.326 e. The molecule has 0 unspecified atom stereocenters. The first-order chi connectivity index (χ1) is 13.5. The number of nitrogens with zero attached hydrogens (tertiary/aromatic N) is 1. The molecule has 7 nitrogen and oxygen atoms in total. The van der Waals surface area contributed by atoms with E-state index < -0.39 is 33.7 Å². The molecule has 1 aliphatic rings. The zero-order chi connectivity index (χ0) is 21.3. The van der Waals surface area contributed by atoms with Gasteiger partial charge < -0.3 is 10.6 Å². The maximum atomic E-state index is 12.8. The van der Waals surface area contributed by atoms with Gasteiger partial charge >= 0.3 is 6.18 Å². The van der Waals surface area contributed by atoms with Crippen molar-refractivity contribution in [1.29, 1.82) is 0 Å². The molecule has 2 N–H and O–H groups in total. The highest BCUT2D eigenvalue weighted by Gasteiger charge is 2.34. The number of non-ortho nitro benzene ring substituents is 1. The van der Waals surface area contributed by atoms with Gasteiger partial charge in [0.2, 0.25) is 11.8 Å². The Labute approximate surface area is 166 Å². The van der Waals surface area contributed by atoms with Crippen molar-refractivity contribution in [2.45, 2.75) is 29.7 Å². The van der Waals surface area contributed by atoms with Gasteiger partial charge in [0.05, 0.1) is 27.1 Å². The third-order valence-electron chi connectivity index (χ3n) is 4.20. The van der Waals surface area contributed by atoms with E-state index in [2.05, 4.69) is 10.6 Å². The summed E-state index contributed by atoms with van der Waals surface area (Å²) in [7, 11) is 0. The zero-order valence-electron chi connectivity index (χ0n) is 14.9. The molecule has 0 aromatic heterocycles. The van der Waals surface area contributed by atoms with Crippen LogP contribution in [0.15, 0.2) is 41.3 Å². The molecule has 0 bridgehead atoms. The van der Waals surface area contributed by atoms with Crippen molar-refractivity contribution >= 4 is 40.6 Å². The number of hydrogen-bond acceptors (Lipinski definition) is 5. The fourth-order valence-corrected chi connectivity index (χ4v) is 3.78. The van der Waals surface area contributed by atoms with E-state index in [-0.39, 0.29) is 23.5 Å². The van der Waals surface area contributed by atoms with Crippen molar-refractivity contribution in [3.8, 4) is 0 Å². The highest BCUT2D eigenvalue weighted by atomic mass is 32.2. The molecular weight excluding hydrogens is 411 g/mol. The molecule has 152 valence electrons. The zero-order valence-corrected chi connectivity index (χ0v) is 15.7. The Morgan fingerprint density at radius 2 is 2.00 bits per heavy atom. The Bertz CT molecular complexity index is 1010. The van der Waals surface area contributed by atoms with Gasteiger partial charge in [0.15, 0.2) is 0 Å². The molecule has 0 radical (unpaired) electrons. The van der Waals surface area contributed by atoms with Crippen LogP contribution in [0.5, 0.6) is 0 Å². The van der Waals surface area contributed by atoms with Gasteiger partial charge in [0, 0.05) is 23.4 Å². The van der Waals surface area contributed by atoms with E-state index in [1.165, 1.54) is 24.3 Å².